The molecule has 14 heavy (non-hydrogen) atoms. The number of hydrogen-bond donors (Lipinski definition) is 0. The van der Waals surface area contributed by atoms with E-state index < -0.39 is 31.0 Å². The Hall–Kier alpha value is -0.460. The van der Waals surface area contributed by atoms with Crippen LogP contribution in [0.2, 0.25) is 0 Å². The molecule has 0 heterocycles. The summed E-state index contributed by atoms with van der Waals surface area (Å²) in [6, 6.07) is 0. The minimum Gasteiger partial charge on any atom is -0.248 e. The van der Waals surface area contributed by atoms with Crippen LogP contribution in [0.25, 0.3) is 0 Å². The van der Waals surface area contributed by atoms with Crippen molar-refractivity contribution in [2.75, 3.05) is 0 Å². The highest BCUT2D eigenvalue weighted by atomic mass is 19.4. The first kappa shape index (κ1) is 13.5. The Bertz CT molecular complexity index is 189. The van der Waals surface area contributed by atoms with Gasteiger partial charge in [-0.25, -0.2) is 17.9 Å². The molecular formula is C7H10F6O. The third-order valence-corrected chi connectivity index (χ3v) is 1.72. The van der Waals surface area contributed by atoms with Gasteiger partial charge in [0, 0.05) is 12.8 Å². The van der Waals surface area contributed by atoms with E-state index in [0.29, 0.717) is 0 Å². The van der Waals surface area contributed by atoms with E-state index in [2.05, 4.69) is 4.74 Å². The lowest BCUT2D eigenvalue weighted by molar-refractivity contribution is -0.429. The van der Waals surface area contributed by atoms with Gasteiger partial charge in [-0.1, -0.05) is 13.8 Å². The SMILES string of the molecule is CCC(F)(F)C(F)(CC)OC(F)(F)F. The van der Waals surface area contributed by atoms with Crippen molar-refractivity contribution in [3.8, 4) is 0 Å². The average Bonchev–Trinajstić information content (AvgIpc) is 2.01. The second kappa shape index (κ2) is 3.96. The Labute approximate surface area is 77.0 Å². The lowest BCUT2D eigenvalue weighted by atomic mass is 10.1. The maximum Gasteiger partial charge on any atom is 0.525 e. The van der Waals surface area contributed by atoms with Gasteiger partial charge in [-0.3, -0.25) is 0 Å². The standard InChI is InChI=1S/C7H10F6O/c1-3-5(8,9)6(10,4-2)14-7(11,12)13/h3-4H2,1-2H3. The first-order chi connectivity index (χ1) is 6.08. The molecule has 0 aromatic heterocycles. The fourth-order valence-corrected chi connectivity index (χ4v) is 0.853. The fraction of sp³-hybridized carbons (Fsp3) is 1.00. The summed E-state index contributed by atoms with van der Waals surface area (Å²) in [6.07, 6.45) is -7.55. The summed E-state index contributed by atoms with van der Waals surface area (Å²) in [5, 5.41) is 0. The Morgan fingerprint density at radius 2 is 1.29 bits per heavy atom. The molecule has 1 nitrogen and oxygen atoms in total. The van der Waals surface area contributed by atoms with Crippen LogP contribution in [0.5, 0.6) is 0 Å². The van der Waals surface area contributed by atoms with Crippen molar-refractivity contribution in [1.29, 1.82) is 0 Å². The molecule has 7 heteroatoms. The number of rotatable bonds is 4. The summed E-state index contributed by atoms with van der Waals surface area (Å²) in [6.45, 7) is 1.74. The van der Waals surface area contributed by atoms with E-state index in [1.165, 1.54) is 0 Å². The van der Waals surface area contributed by atoms with Crippen LogP contribution in [0, 0.1) is 0 Å². The van der Waals surface area contributed by atoms with E-state index in [0.717, 1.165) is 13.8 Å². The predicted molar refractivity (Wildman–Crippen MR) is 36.5 cm³/mol. The first-order valence-corrected chi connectivity index (χ1v) is 3.91. The largest absolute Gasteiger partial charge is 0.525 e. The van der Waals surface area contributed by atoms with E-state index >= 15 is 0 Å². The molecule has 0 radical (unpaired) electrons. The van der Waals surface area contributed by atoms with E-state index in [1.54, 1.807) is 0 Å². The molecule has 0 spiro atoms. The molecule has 0 aliphatic rings. The Balaban J connectivity index is 4.81. The van der Waals surface area contributed by atoms with Gasteiger partial charge in [0.25, 0.3) is 5.85 Å². The highest BCUT2D eigenvalue weighted by Gasteiger charge is 2.58. The summed E-state index contributed by atoms with van der Waals surface area (Å²) in [7, 11) is 0. The van der Waals surface area contributed by atoms with Crippen LogP contribution in [0.1, 0.15) is 26.7 Å². The predicted octanol–water partition coefficient (Wildman–Crippen LogP) is 3.64. The lowest BCUT2D eigenvalue weighted by Crippen LogP contribution is -2.48. The van der Waals surface area contributed by atoms with Crippen LogP contribution < -0.4 is 0 Å². The lowest BCUT2D eigenvalue weighted by Gasteiger charge is -2.32. The van der Waals surface area contributed by atoms with Gasteiger partial charge >= 0.3 is 12.3 Å². The van der Waals surface area contributed by atoms with Crippen LogP contribution in [0.4, 0.5) is 26.3 Å². The molecule has 0 aliphatic heterocycles. The minimum absolute atomic E-state index is 0.856. The molecule has 0 N–H and O–H groups in total. The van der Waals surface area contributed by atoms with Crippen LogP contribution in [0.15, 0.2) is 0 Å². The molecule has 1 atom stereocenters. The minimum atomic E-state index is -5.41. The average molecular weight is 224 g/mol. The molecule has 0 rings (SSSR count). The van der Waals surface area contributed by atoms with E-state index in [1.807, 2.05) is 0 Å². The van der Waals surface area contributed by atoms with Crippen molar-refractivity contribution in [3.63, 3.8) is 0 Å². The monoisotopic (exact) mass is 224 g/mol. The molecule has 0 saturated heterocycles. The summed E-state index contributed by atoms with van der Waals surface area (Å²) in [5.41, 5.74) is 0. The number of alkyl halides is 6. The van der Waals surface area contributed by atoms with Gasteiger partial charge in [-0.2, -0.15) is 0 Å². The normalized spacial score (nSPS) is 18.0. The molecule has 0 fully saturated rings. The van der Waals surface area contributed by atoms with E-state index in [-0.39, 0.29) is 0 Å². The number of ether oxygens (including phenoxy) is 1. The van der Waals surface area contributed by atoms with Gasteiger partial charge in [-0.05, 0) is 0 Å². The smallest absolute Gasteiger partial charge is 0.248 e. The van der Waals surface area contributed by atoms with Gasteiger partial charge in [0.15, 0.2) is 0 Å². The summed E-state index contributed by atoms with van der Waals surface area (Å²) in [5.74, 6) is -8.14. The van der Waals surface area contributed by atoms with Gasteiger partial charge in [0.2, 0.25) is 0 Å². The molecule has 86 valence electrons. The van der Waals surface area contributed by atoms with Gasteiger partial charge in [0.1, 0.15) is 0 Å². The van der Waals surface area contributed by atoms with E-state index in [9.17, 15) is 26.3 Å². The second-order valence-corrected chi connectivity index (χ2v) is 2.69. The van der Waals surface area contributed by atoms with E-state index in [4.69, 9.17) is 0 Å². The summed E-state index contributed by atoms with van der Waals surface area (Å²) < 4.78 is 76.2. The Morgan fingerprint density at radius 3 is 1.50 bits per heavy atom. The summed E-state index contributed by atoms with van der Waals surface area (Å²) >= 11 is 0. The third kappa shape index (κ3) is 3.04. The Morgan fingerprint density at radius 1 is 0.857 bits per heavy atom. The van der Waals surface area contributed by atoms with Crippen LogP contribution in [-0.4, -0.2) is 18.1 Å². The zero-order chi connectivity index (χ0) is 11.6. The first-order valence-electron chi connectivity index (χ1n) is 3.91. The maximum absolute atomic E-state index is 13.1. The van der Waals surface area contributed by atoms with Gasteiger partial charge in [0.05, 0.1) is 0 Å². The van der Waals surface area contributed by atoms with Gasteiger partial charge < -0.3 is 0 Å². The van der Waals surface area contributed by atoms with Crippen molar-refractivity contribution < 1.29 is 31.1 Å². The molecule has 0 bridgehead atoms. The molecular weight excluding hydrogens is 214 g/mol. The highest BCUT2D eigenvalue weighted by Crippen LogP contribution is 2.42. The zero-order valence-electron chi connectivity index (χ0n) is 7.59. The number of halogens is 6. The van der Waals surface area contributed by atoms with Crippen LogP contribution in [0.3, 0.4) is 0 Å². The van der Waals surface area contributed by atoms with Crippen molar-refractivity contribution in [2.45, 2.75) is 44.8 Å². The van der Waals surface area contributed by atoms with Crippen molar-refractivity contribution in [3.05, 3.63) is 0 Å². The van der Waals surface area contributed by atoms with Crippen LogP contribution in [-0.2, 0) is 4.74 Å². The summed E-state index contributed by atoms with van der Waals surface area (Å²) in [4.78, 5) is 0. The highest BCUT2D eigenvalue weighted by molar-refractivity contribution is 4.84. The Kier molecular flexibility index (Phi) is 3.83. The van der Waals surface area contributed by atoms with Crippen LogP contribution >= 0.6 is 0 Å². The zero-order valence-corrected chi connectivity index (χ0v) is 7.59. The molecule has 1 unspecified atom stereocenters. The molecule has 0 aromatic carbocycles. The fourth-order valence-electron chi connectivity index (χ4n) is 0.853. The molecule has 0 amide bonds. The topological polar surface area (TPSA) is 9.23 Å². The number of hydrogen-bond acceptors (Lipinski definition) is 1. The molecule has 0 aliphatic carbocycles. The quantitative estimate of drug-likeness (QED) is 0.662. The maximum atomic E-state index is 13.1. The molecule has 0 aromatic rings. The van der Waals surface area contributed by atoms with Crippen molar-refractivity contribution in [1.82, 2.24) is 0 Å². The van der Waals surface area contributed by atoms with Gasteiger partial charge in [-0.15, -0.1) is 13.2 Å². The third-order valence-electron chi connectivity index (χ3n) is 1.72. The van der Waals surface area contributed by atoms with Crippen molar-refractivity contribution >= 4 is 0 Å². The molecule has 0 saturated carbocycles. The second-order valence-electron chi connectivity index (χ2n) is 2.69. The van der Waals surface area contributed by atoms with Crippen molar-refractivity contribution in [2.24, 2.45) is 0 Å².